The van der Waals surface area contributed by atoms with E-state index < -0.39 is 17.7 Å². The number of benzene rings is 1. The Kier molecular flexibility index (Phi) is 2.83. The summed E-state index contributed by atoms with van der Waals surface area (Å²) >= 11 is 0. The van der Waals surface area contributed by atoms with Gasteiger partial charge in [0.1, 0.15) is 5.82 Å². The second kappa shape index (κ2) is 4.16. The third-order valence-corrected chi connectivity index (χ3v) is 2.83. The van der Waals surface area contributed by atoms with Crippen LogP contribution in [0.2, 0.25) is 0 Å². The highest BCUT2D eigenvalue weighted by atomic mass is 19.2. The number of nitrogens with two attached hydrogens (primary N) is 1. The monoisotopic (exact) mass is 237 g/mol. The van der Waals surface area contributed by atoms with Gasteiger partial charge in [-0.3, -0.25) is 0 Å². The molecule has 1 atom stereocenters. The third kappa shape index (κ3) is 1.88. The van der Waals surface area contributed by atoms with E-state index in [-0.39, 0.29) is 5.56 Å². The Balaban J connectivity index is 2.47. The number of aryl methyl sites for hydroxylation is 1. The van der Waals surface area contributed by atoms with Gasteiger partial charge in [0.2, 0.25) is 0 Å². The molecule has 0 spiro atoms. The highest BCUT2D eigenvalue weighted by molar-refractivity contribution is 5.39. The first kappa shape index (κ1) is 11.6. The molecular weight excluding hydrogens is 224 g/mol. The molecule has 1 heterocycles. The molecular formula is C12H13F2N3. The van der Waals surface area contributed by atoms with E-state index in [2.05, 4.69) is 5.10 Å². The summed E-state index contributed by atoms with van der Waals surface area (Å²) < 4.78 is 28.2. The number of aromatic nitrogens is 2. The van der Waals surface area contributed by atoms with Crippen LogP contribution in [0.3, 0.4) is 0 Å². The van der Waals surface area contributed by atoms with Crippen molar-refractivity contribution in [3.8, 4) is 0 Å². The van der Waals surface area contributed by atoms with Crippen molar-refractivity contribution in [3.05, 3.63) is 47.2 Å². The van der Waals surface area contributed by atoms with Crippen LogP contribution in [0.1, 0.15) is 24.1 Å². The van der Waals surface area contributed by atoms with Crippen LogP contribution >= 0.6 is 0 Å². The summed E-state index contributed by atoms with van der Waals surface area (Å²) in [6.07, 6.45) is 1.60. The molecule has 0 aliphatic heterocycles. The summed E-state index contributed by atoms with van der Waals surface area (Å²) in [5.74, 6) is -1.26. The molecule has 3 nitrogen and oxygen atoms in total. The van der Waals surface area contributed by atoms with Crippen LogP contribution in [-0.4, -0.2) is 9.78 Å². The van der Waals surface area contributed by atoms with Gasteiger partial charge >= 0.3 is 0 Å². The first-order valence-corrected chi connectivity index (χ1v) is 5.26. The van der Waals surface area contributed by atoms with Crippen LogP contribution in [0.15, 0.2) is 24.4 Å². The SMILES string of the molecule is Cc1cnn(C(C)c2cccc(F)c2F)c1N. The van der Waals surface area contributed by atoms with Gasteiger partial charge in [-0.15, -0.1) is 0 Å². The van der Waals surface area contributed by atoms with Gasteiger partial charge in [0.25, 0.3) is 0 Å². The molecule has 2 rings (SSSR count). The van der Waals surface area contributed by atoms with Crippen LogP contribution < -0.4 is 5.73 Å². The van der Waals surface area contributed by atoms with E-state index in [1.165, 1.54) is 16.8 Å². The predicted molar refractivity (Wildman–Crippen MR) is 61.5 cm³/mol. The molecule has 0 saturated carbocycles. The van der Waals surface area contributed by atoms with Gasteiger partial charge in [-0.25, -0.2) is 13.5 Å². The van der Waals surface area contributed by atoms with Crippen molar-refractivity contribution in [2.45, 2.75) is 19.9 Å². The van der Waals surface area contributed by atoms with Gasteiger partial charge in [0.05, 0.1) is 12.2 Å². The minimum atomic E-state index is -0.864. The largest absolute Gasteiger partial charge is 0.384 e. The van der Waals surface area contributed by atoms with Crippen molar-refractivity contribution in [2.75, 3.05) is 5.73 Å². The van der Waals surface area contributed by atoms with Crippen molar-refractivity contribution in [2.24, 2.45) is 0 Å². The molecule has 0 amide bonds. The molecule has 0 saturated heterocycles. The van der Waals surface area contributed by atoms with E-state index >= 15 is 0 Å². The zero-order valence-electron chi connectivity index (χ0n) is 9.61. The zero-order valence-corrected chi connectivity index (χ0v) is 9.61. The second-order valence-corrected chi connectivity index (χ2v) is 3.98. The summed E-state index contributed by atoms with van der Waals surface area (Å²) in [4.78, 5) is 0. The fourth-order valence-corrected chi connectivity index (χ4v) is 1.74. The minimum absolute atomic E-state index is 0.236. The Labute approximate surface area is 97.9 Å². The van der Waals surface area contributed by atoms with Crippen LogP contribution in [0.25, 0.3) is 0 Å². The number of nitrogens with zero attached hydrogens (tertiary/aromatic N) is 2. The molecule has 1 aromatic carbocycles. The van der Waals surface area contributed by atoms with Crippen LogP contribution in [0.5, 0.6) is 0 Å². The normalized spacial score (nSPS) is 12.7. The zero-order chi connectivity index (χ0) is 12.6. The van der Waals surface area contributed by atoms with E-state index in [0.29, 0.717) is 5.82 Å². The molecule has 2 aromatic rings. The average molecular weight is 237 g/mol. The number of halogens is 2. The summed E-state index contributed by atoms with van der Waals surface area (Å²) in [5.41, 5.74) is 6.86. The van der Waals surface area contributed by atoms with Crippen molar-refractivity contribution < 1.29 is 8.78 Å². The molecule has 17 heavy (non-hydrogen) atoms. The van der Waals surface area contributed by atoms with Gasteiger partial charge in [-0.05, 0) is 19.9 Å². The van der Waals surface area contributed by atoms with Crippen LogP contribution in [0.4, 0.5) is 14.6 Å². The van der Waals surface area contributed by atoms with E-state index in [1.54, 1.807) is 13.1 Å². The van der Waals surface area contributed by atoms with Gasteiger partial charge in [0, 0.05) is 11.1 Å². The highest BCUT2D eigenvalue weighted by Gasteiger charge is 2.18. The van der Waals surface area contributed by atoms with Crippen molar-refractivity contribution in [1.82, 2.24) is 9.78 Å². The van der Waals surface area contributed by atoms with Gasteiger partial charge in [-0.2, -0.15) is 5.10 Å². The summed E-state index contributed by atoms with van der Waals surface area (Å²) in [6, 6.07) is 3.64. The maximum atomic E-state index is 13.6. The molecule has 0 aliphatic carbocycles. The number of hydrogen-bond acceptors (Lipinski definition) is 2. The lowest BCUT2D eigenvalue weighted by molar-refractivity contribution is 0.471. The molecule has 0 aliphatic rings. The summed E-state index contributed by atoms with van der Waals surface area (Å²) in [7, 11) is 0. The van der Waals surface area contributed by atoms with E-state index in [0.717, 1.165) is 11.6 Å². The third-order valence-electron chi connectivity index (χ3n) is 2.83. The quantitative estimate of drug-likeness (QED) is 0.872. The fraction of sp³-hybridized carbons (Fsp3) is 0.250. The number of hydrogen-bond donors (Lipinski definition) is 1. The van der Waals surface area contributed by atoms with Gasteiger partial charge < -0.3 is 5.73 Å². The van der Waals surface area contributed by atoms with Crippen molar-refractivity contribution in [3.63, 3.8) is 0 Å². The lowest BCUT2D eigenvalue weighted by Gasteiger charge is -2.15. The molecule has 90 valence electrons. The first-order valence-electron chi connectivity index (χ1n) is 5.26. The number of nitrogen functional groups attached to an aromatic ring is 1. The van der Waals surface area contributed by atoms with Gasteiger partial charge in [-0.1, -0.05) is 12.1 Å². The Morgan fingerprint density at radius 2 is 2.06 bits per heavy atom. The van der Waals surface area contributed by atoms with E-state index in [1.807, 2.05) is 6.92 Å². The van der Waals surface area contributed by atoms with E-state index in [4.69, 9.17) is 5.73 Å². The summed E-state index contributed by atoms with van der Waals surface area (Å²) in [5, 5.41) is 4.06. The average Bonchev–Trinajstić information content (AvgIpc) is 2.63. The Hall–Kier alpha value is -1.91. The second-order valence-electron chi connectivity index (χ2n) is 3.98. The number of rotatable bonds is 2. The lowest BCUT2D eigenvalue weighted by atomic mass is 10.1. The fourth-order valence-electron chi connectivity index (χ4n) is 1.74. The Morgan fingerprint density at radius 3 is 2.65 bits per heavy atom. The maximum absolute atomic E-state index is 13.6. The highest BCUT2D eigenvalue weighted by Crippen LogP contribution is 2.25. The van der Waals surface area contributed by atoms with Crippen molar-refractivity contribution >= 4 is 5.82 Å². The molecule has 1 unspecified atom stereocenters. The molecule has 5 heteroatoms. The first-order chi connectivity index (χ1) is 8.02. The van der Waals surface area contributed by atoms with Crippen molar-refractivity contribution in [1.29, 1.82) is 0 Å². The van der Waals surface area contributed by atoms with Crippen LogP contribution in [0, 0.1) is 18.6 Å². The Morgan fingerprint density at radius 1 is 1.35 bits per heavy atom. The molecule has 2 N–H and O–H groups in total. The lowest BCUT2D eigenvalue weighted by Crippen LogP contribution is -2.13. The maximum Gasteiger partial charge on any atom is 0.164 e. The topological polar surface area (TPSA) is 43.8 Å². The predicted octanol–water partition coefficient (Wildman–Crippen LogP) is 2.66. The molecule has 0 bridgehead atoms. The molecule has 0 radical (unpaired) electrons. The Bertz CT molecular complexity index is 549. The standard InChI is InChI=1S/C12H13F2N3/c1-7-6-16-17(12(7)15)8(2)9-4-3-5-10(13)11(9)14/h3-6,8H,15H2,1-2H3. The van der Waals surface area contributed by atoms with Crippen LogP contribution in [-0.2, 0) is 0 Å². The summed E-state index contributed by atoms with van der Waals surface area (Å²) in [6.45, 7) is 3.54. The smallest absolute Gasteiger partial charge is 0.164 e. The minimum Gasteiger partial charge on any atom is -0.384 e. The molecule has 0 fully saturated rings. The van der Waals surface area contributed by atoms with E-state index in [9.17, 15) is 8.78 Å². The van der Waals surface area contributed by atoms with Gasteiger partial charge in [0.15, 0.2) is 11.6 Å². The molecule has 1 aromatic heterocycles. The number of anilines is 1.